The molecule has 6 heterocycles. The lowest BCUT2D eigenvalue weighted by Gasteiger charge is -2.23. The van der Waals surface area contributed by atoms with Crippen LogP contribution in [0.3, 0.4) is 0 Å². The minimum atomic E-state index is -5.46. The summed E-state index contributed by atoms with van der Waals surface area (Å²) in [5.41, 5.74) is 9.24. The van der Waals surface area contributed by atoms with Gasteiger partial charge in [0.15, 0.2) is 23.3 Å². The van der Waals surface area contributed by atoms with Crippen LogP contribution in [-0.4, -0.2) is 29.1 Å². The molecule has 0 atom stereocenters. The minimum Gasteiger partial charge on any atom is -0.307 e. The van der Waals surface area contributed by atoms with E-state index in [0.29, 0.717) is 66.4 Å². The first kappa shape index (κ1) is 58.0. The van der Waals surface area contributed by atoms with Crippen LogP contribution in [-0.2, 0) is 6.18 Å². The lowest BCUT2D eigenvalue weighted by molar-refractivity contribution is -0.137. The molecule has 0 fully saturated rings. The fourth-order valence-corrected chi connectivity index (χ4v) is 13.0. The van der Waals surface area contributed by atoms with Gasteiger partial charge in [-0.3, -0.25) is 19.9 Å². The molecule has 6 nitrogen and oxygen atoms in total. The number of pyridine rings is 4. The fourth-order valence-electron chi connectivity index (χ4n) is 13.0. The van der Waals surface area contributed by atoms with E-state index in [9.17, 15) is 0 Å². The molecule has 0 amide bonds. The summed E-state index contributed by atoms with van der Waals surface area (Å²) in [5, 5.41) is 2.42. The Morgan fingerprint density at radius 3 is 0.800 bits per heavy atom. The van der Waals surface area contributed by atoms with Crippen molar-refractivity contribution in [1.82, 2.24) is 29.1 Å². The summed E-state index contributed by atoms with van der Waals surface area (Å²) in [6.07, 6.45) is 1.38. The van der Waals surface area contributed by atoms with Crippen LogP contribution in [0.5, 0.6) is 0 Å². The van der Waals surface area contributed by atoms with E-state index in [1.54, 1.807) is 33.9 Å². The van der Waals surface area contributed by atoms with Crippen molar-refractivity contribution >= 4 is 43.6 Å². The molecule has 0 aliphatic rings. The third-order valence-corrected chi connectivity index (χ3v) is 17.6. The number of alkyl halides is 3. The zero-order valence-electron chi connectivity index (χ0n) is 49.8. The summed E-state index contributed by atoms with van der Waals surface area (Å²) in [6.45, 7) is 0. The van der Waals surface area contributed by atoms with E-state index < -0.39 is 52.0 Å². The molecular weight excluding hydrogens is 1210 g/mol. The largest absolute Gasteiger partial charge is 0.417 e. The van der Waals surface area contributed by atoms with Gasteiger partial charge in [0.2, 0.25) is 5.82 Å². The fraction of sp³-hybridized carbons (Fsp3) is 0.0123. The van der Waals surface area contributed by atoms with E-state index in [4.69, 9.17) is 0 Å². The highest BCUT2D eigenvalue weighted by Gasteiger charge is 2.39. The van der Waals surface area contributed by atoms with E-state index in [1.807, 2.05) is 243 Å². The van der Waals surface area contributed by atoms with E-state index in [0.717, 1.165) is 78.9 Å². The van der Waals surface area contributed by atoms with Crippen LogP contribution in [0.4, 0.5) is 35.1 Å². The molecule has 0 bridgehead atoms. The Morgan fingerprint density at radius 2 is 0.516 bits per heavy atom. The molecule has 0 saturated heterocycles. The molecule has 456 valence electrons. The Kier molecular flexibility index (Phi) is 14.2. The van der Waals surface area contributed by atoms with Crippen molar-refractivity contribution in [1.29, 1.82) is 0 Å². The third kappa shape index (κ3) is 10.2. The number of rotatable bonds is 11. The van der Waals surface area contributed by atoms with Crippen LogP contribution in [0.15, 0.2) is 280 Å². The van der Waals surface area contributed by atoms with Gasteiger partial charge in [0, 0.05) is 74.1 Å². The first-order valence-electron chi connectivity index (χ1n) is 30.3. The van der Waals surface area contributed by atoms with Gasteiger partial charge in [0.1, 0.15) is 0 Å². The molecule has 0 aliphatic carbocycles. The van der Waals surface area contributed by atoms with Crippen LogP contribution in [0.2, 0.25) is 0 Å². The maximum Gasteiger partial charge on any atom is 0.417 e. The number of hydrogen-bond acceptors (Lipinski definition) is 4. The zero-order valence-corrected chi connectivity index (χ0v) is 49.8. The van der Waals surface area contributed by atoms with Gasteiger partial charge in [-0.25, -0.2) is 22.0 Å². The summed E-state index contributed by atoms with van der Waals surface area (Å²) in [6, 6.07) is 78.2. The van der Waals surface area contributed by atoms with Gasteiger partial charge in [-0.1, -0.05) is 146 Å². The molecule has 14 heteroatoms. The van der Waals surface area contributed by atoms with Crippen molar-refractivity contribution in [2.75, 3.05) is 0 Å². The number of fused-ring (bicyclic) bond motifs is 6. The Hall–Kier alpha value is -12.2. The van der Waals surface area contributed by atoms with Crippen molar-refractivity contribution in [2.45, 2.75) is 6.18 Å². The number of aromatic nitrogens is 6. The second-order valence-corrected chi connectivity index (χ2v) is 23.1. The van der Waals surface area contributed by atoms with Crippen molar-refractivity contribution in [3.8, 4) is 112 Å². The second kappa shape index (κ2) is 23.2. The van der Waals surface area contributed by atoms with Gasteiger partial charge in [-0.2, -0.15) is 13.2 Å². The normalized spacial score (nSPS) is 11.8. The molecule has 0 saturated carbocycles. The average molecular weight is 1260 g/mol. The van der Waals surface area contributed by atoms with Crippen LogP contribution in [0.1, 0.15) is 5.56 Å². The maximum atomic E-state index is 16.6. The highest BCUT2D eigenvalue weighted by Crippen LogP contribution is 2.49. The second-order valence-electron chi connectivity index (χ2n) is 23.1. The van der Waals surface area contributed by atoms with Crippen molar-refractivity contribution in [2.24, 2.45) is 0 Å². The molecule has 6 aromatic heterocycles. The van der Waals surface area contributed by atoms with E-state index in [-0.39, 0.29) is 11.4 Å². The van der Waals surface area contributed by atoms with Crippen molar-refractivity contribution in [3.05, 3.63) is 314 Å². The molecule has 0 aliphatic heterocycles. The first-order valence-corrected chi connectivity index (χ1v) is 30.3. The number of hydrogen-bond donors (Lipinski definition) is 0. The number of nitrogens with zero attached hydrogens (tertiary/aromatic N) is 6. The van der Waals surface area contributed by atoms with Crippen LogP contribution < -0.4 is 0 Å². The summed E-state index contributed by atoms with van der Waals surface area (Å²) >= 11 is 0. The van der Waals surface area contributed by atoms with Crippen LogP contribution >= 0.6 is 0 Å². The molecule has 0 N–H and O–H groups in total. The summed E-state index contributed by atoms with van der Waals surface area (Å²) in [5.74, 6) is -12.2. The molecule has 16 aromatic rings. The van der Waals surface area contributed by atoms with Crippen LogP contribution in [0.25, 0.3) is 156 Å². The Balaban J connectivity index is 1.01. The molecular formula is C81H46F8N6. The Labute approximate surface area is 537 Å². The van der Waals surface area contributed by atoms with E-state index in [1.165, 1.54) is 0 Å². The average Bonchev–Trinajstić information content (AvgIpc) is 1.59. The highest BCUT2D eigenvalue weighted by molar-refractivity contribution is 6.14. The topological polar surface area (TPSA) is 61.4 Å². The molecule has 0 unspecified atom stereocenters. The molecule has 10 aromatic carbocycles. The van der Waals surface area contributed by atoms with Gasteiger partial charge in [-0.05, 0) is 154 Å². The van der Waals surface area contributed by atoms with Gasteiger partial charge in [-0.15, -0.1) is 0 Å². The maximum absolute atomic E-state index is 16.6. The summed E-state index contributed by atoms with van der Waals surface area (Å²) in [4.78, 5) is 18.7. The Morgan fingerprint density at radius 1 is 0.253 bits per heavy atom. The molecule has 0 radical (unpaired) electrons. The molecule has 95 heavy (non-hydrogen) atoms. The third-order valence-electron chi connectivity index (χ3n) is 17.6. The molecule has 16 rings (SSSR count). The zero-order chi connectivity index (χ0) is 64.6. The highest BCUT2D eigenvalue weighted by atomic mass is 19.4. The lowest BCUT2D eigenvalue weighted by Crippen LogP contribution is -2.14. The number of benzene rings is 10. The quantitative estimate of drug-likeness (QED) is 0.0735. The van der Waals surface area contributed by atoms with Gasteiger partial charge >= 0.3 is 6.18 Å². The molecule has 0 spiro atoms. The number of halogens is 8. The lowest BCUT2D eigenvalue weighted by atomic mass is 9.95. The van der Waals surface area contributed by atoms with Gasteiger partial charge in [0.25, 0.3) is 0 Å². The summed E-state index contributed by atoms with van der Waals surface area (Å²) in [7, 11) is 0. The smallest absolute Gasteiger partial charge is 0.307 e. The van der Waals surface area contributed by atoms with Gasteiger partial charge < -0.3 is 9.13 Å². The predicted octanol–water partition coefficient (Wildman–Crippen LogP) is 22.2. The first-order chi connectivity index (χ1) is 46.3. The van der Waals surface area contributed by atoms with E-state index in [2.05, 4.69) is 19.9 Å². The van der Waals surface area contributed by atoms with E-state index >= 15 is 35.1 Å². The monoisotopic (exact) mass is 1250 g/mol. The van der Waals surface area contributed by atoms with Crippen molar-refractivity contribution < 1.29 is 35.1 Å². The minimum absolute atomic E-state index is 0.0989. The standard InChI is InChI=1S/C81H46F8N6/c82-76-75(77(83)79(85)80(86)78(76)84)63-45-73(94-69-25-21-51(55-29-33-90-65(41-55)47-13-5-1-6-14-47)37-59(69)60-38-52(22-26-70(60)94)56-30-34-91-66(42-56)48-15-7-2-8-16-48)74(46-64(63)81(87,88)89)95-71-27-23-53(57-31-35-92-67(43-57)49-17-9-3-10-18-49)39-61(71)62-40-54(24-28-72(62)95)58-32-36-93-68(44-58)50-19-11-4-12-20-50/h1-46H. The Bertz CT molecular complexity index is 5410. The SMILES string of the molecule is Fc1c(F)c(F)c(-c2cc(-n3c4ccc(-c5ccnc(-c6ccccc6)c5)cc4c4cc(-c5ccnc(-c6ccccc6)c5)ccc43)c(-n3c4ccc(-c5ccnc(-c6ccccc6)c5)cc4c4cc(-c5ccnc(-c6ccccc6)c5)ccc43)cc2C(F)(F)F)c(F)c1F. The van der Waals surface area contributed by atoms with Crippen molar-refractivity contribution in [3.63, 3.8) is 0 Å². The predicted molar refractivity (Wildman–Crippen MR) is 360 cm³/mol. The summed E-state index contributed by atoms with van der Waals surface area (Å²) < 4.78 is 132. The van der Waals surface area contributed by atoms with Crippen LogP contribution in [0, 0.1) is 29.1 Å². The van der Waals surface area contributed by atoms with Gasteiger partial charge in [0.05, 0.1) is 67.3 Å².